The van der Waals surface area contributed by atoms with E-state index in [1.807, 2.05) is 12.3 Å². The molecular weight excluding hydrogens is 473 g/mol. The van der Waals surface area contributed by atoms with Crippen molar-refractivity contribution in [1.29, 1.82) is 0 Å². The topological polar surface area (TPSA) is 75.3 Å². The van der Waals surface area contributed by atoms with Crippen LogP contribution in [0.1, 0.15) is 67.8 Å². The summed E-state index contributed by atoms with van der Waals surface area (Å²) in [6, 6.07) is 2.03. The van der Waals surface area contributed by atoms with E-state index in [9.17, 15) is 0 Å². The number of halogens is 1. The van der Waals surface area contributed by atoms with Gasteiger partial charge >= 0.3 is 0 Å². The Labute approximate surface area is 183 Å². The lowest BCUT2D eigenvalue weighted by Gasteiger charge is -2.10. The van der Waals surface area contributed by atoms with Gasteiger partial charge in [-0.1, -0.05) is 25.9 Å². The lowest BCUT2D eigenvalue weighted by Crippen LogP contribution is -2.38. The molecule has 6 nitrogen and oxygen atoms in total. The zero-order valence-corrected chi connectivity index (χ0v) is 19.9. The summed E-state index contributed by atoms with van der Waals surface area (Å²) >= 11 is 1.78. The SMILES string of the molecule is CCNC(=NCc1cc(C(CC)CC)no1)NCCc1ncc(CC)s1.I. The predicted octanol–water partition coefficient (Wildman–Crippen LogP) is 4.51. The summed E-state index contributed by atoms with van der Waals surface area (Å²) < 4.78 is 5.45. The lowest BCUT2D eigenvalue weighted by atomic mass is 9.99. The summed E-state index contributed by atoms with van der Waals surface area (Å²) in [7, 11) is 0. The smallest absolute Gasteiger partial charge is 0.191 e. The van der Waals surface area contributed by atoms with Crippen molar-refractivity contribution in [2.45, 2.75) is 65.8 Å². The molecule has 0 aliphatic rings. The van der Waals surface area contributed by atoms with Gasteiger partial charge in [-0.05, 0) is 26.2 Å². The van der Waals surface area contributed by atoms with Gasteiger partial charge in [0.25, 0.3) is 0 Å². The number of rotatable bonds is 10. The maximum absolute atomic E-state index is 5.45. The summed E-state index contributed by atoms with van der Waals surface area (Å²) in [5.74, 6) is 2.06. The van der Waals surface area contributed by atoms with Crippen LogP contribution in [0.5, 0.6) is 0 Å². The van der Waals surface area contributed by atoms with E-state index in [2.05, 4.69) is 53.5 Å². The molecule has 0 atom stereocenters. The van der Waals surface area contributed by atoms with Crippen molar-refractivity contribution in [3.8, 4) is 0 Å². The van der Waals surface area contributed by atoms with Gasteiger partial charge < -0.3 is 15.2 Å². The van der Waals surface area contributed by atoms with Gasteiger partial charge in [0.2, 0.25) is 0 Å². The highest BCUT2D eigenvalue weighted by molar-refractivity contribution is 14.0. The Morgan fingerprint density at radius 2 is 2.00 bits per heavy atom. The van der Waals surface area contributed by atoms with Gasteiger partial charge in [0.05, 0.1) is 10.7 Å². The molecule has 0 aliphatic heterocycles. The van der Waals surface area contributed by atoms with Crippen molar-refractivity contribution in [2.24, 2.45) is 4.99 Å². The van der Waals surface area contributed by atoms with Crippen LogP contribution >= 0.6 is 35.3 Å². The molecule has 152 valence electrons. The van der Waals surface area contributed by atoms with Crippen molar-refractivity contribution in [3.63, 3.8) is 0 Å². The molecule has 0 saturated carbocycles. The second kappa shape index (κ2) is 13.1. The molecule has 0 aliphatic carbocycles. The molecule has 0 aromatic carbocycles. The number of thiazole rings is 1. The summed E-state index contributed by atoms with van der Waals surface area (Å²) in [6.45, 7) is 10.7. The van der Waals surface area contributed by atoms with Crippen LogP contribution < -0.4 is 10.6 Å². The molecule has 2 heterocycles. The number of nitrogens with one attached hydrogen (secondary N) is 2. The quantitative estimate of drug-likeness (QED) is 0.282. The molecule has 2 rings (SSSR count). The number of aliphatic imine (C=N–C) groups is 1. The van der Waals surface area contributed by atoms with Crippen LogP contribution in [0.25, 0.3) is 0 Å². The van der Waals surface area contributed by atoms with E-state index in [1.165, 1.54) is 4.88 Å². The molecule has 0 radical (unpaired) electrons. The third-order valence-corrected chi connectivity index (χ3v) is 5.50. The van der Waals surface area contributed by atoms with E-state index in [1.54, 1.807) is 11.3 Å². The molecule has 0 spiro atoms. The first kappa shape index (κ1) is 23.9. The lowest BCUT2D eigenvalue weighted by molar-refractivity contribution is 0.372. The monoisotopic (exact) mass is 505 g/mol. The fraction of sp³-hybridized carbons (Fsp3) is 0.632. The third kappa shape index (κ3) is 7.77. The van der Waals surface area contributed by atoms with Crippen LogP contribution in [0.15, 0.2) is 21.8 Å². The van der Waals surface area contributed by atoms with E-state index >= 15 is 0 Å². The van der Waals surface area contributed by atoms with Gasteiger partial charge in [-0.25, -0.2) is 9.98 Å². The van der Waals surface area contributed by atoms with E-state index in [0.29, 0.717) is 12.5 Å². The van der Waals surface area contributed by atoms with E-state index < -0.39 is 0 Å². The molecule has 8 heteroatoms. The molecular formula is C19H32IN5OS. The molecule has 0 saturated heterocycles. The molecule has 0 fully saturated rings. The minimum absolute atomic E-state index is 0. The maximum atomic E-state index is 5.45. The van der Waals surface area contributed by atoms with E-state index in [4.69, 9.17) is 4.52 Å². The minimum Gasteiger partial charge on any atom is -0.359 e. The molecule has 2 aromatic heterocycles. The predicted molar refractivity (Wildman–Crippen MR) is 123 cm³/mol. The van der Waals surface area contributed by atoms with Gasteiger partial charge in [0.1, 0.15) is 6.54 Å². The second-order valence-corrected chi connectivity index (χ2v) is 7.38. The van der Waals surface area contributed by atoms with Crippen LogP contribution in [0.4, 0.5) is 0 Å². The average Bonchev–Trinajstić information content (AvgIpc) is 3.30. The van der Waals surface area contributed by atoms with Gasteiger partial charge in [-0.2, -0.15) is 0 Å². The van der Waals surface area contributed by atoms with Crippen LogP contribution in [-0.4, -0.2) is 29.2 Å². The highest BCUT2D eigenvalue weighted by Crippen LogP contribution is 2.22. The van der Waals surface area contributed by atoms with Crippen molar-refractivity contribution in [3.05, 3.63) is 33.6 Å². The molecule has 0 amide bonds. The summed E-state index contributed by atoms with van der Waals surface area (Å²) in [4.78, 5) is 10.4. The van der Waals surface area contributed by atoms with Crippen molar-refractivity contribution < 1.29 is 4.52 Å². The highest BCUT2D eigenvalue weighted by atomic mass is 127. The maximum Gasteiger partial charge on any atom is 0.191 e. The van der Waals surface area contributed by atoms with Crippen LogP contribution in [0.2, 0.25) is 0 Å². The molecule has 27 heavy (non-hydrogen) atoms. The van der Waals surface area contributed by atoms with Crippen LogP contribution in [0.3, 0.4) is 0 Å². The fourth-order valence-corrected chi connectivity index (χ4v) is 3.58. The van der Waals surface area contributed by atoms with Crippen molar-refractivity contribution in [2.75, 3.05) is 13.1 Å². The van der Waals surface area contributed by atoms with Gasteiger partial charge in [0, 0.05) is 42.6 Å². The Bertz CT molecular complexity index is 681. The average molecular weight is 505 g/mol. The normalized spacial score (nSPS) is 11.5. The Balaban J connectivity index is 0.00000364. The first-order valence-electron chi connectivity index (χ1n) is 9.61. The van der Waals surface area contributed by atoms with Gasteiger partial charge in [-0.3, -0.25) is 0 Å². The Kier molecular flexibility index (Phi) is 11.6. The molecule has 0 bridgehead atoms. The van der Waals surface area contributed by atoms with Gasteiger partial charge in [0.15, 0.2) is 11.7 Å². The molecule has 2 N–H and O–H groups in total. The summed E-state index contributed by atoms with van der Waals surface area (Å²) in [5.41, 5.74) is 1.04. The molecule has 0 unspecified atom stereocenters. The summed E-state index contributed by atoms with van der Waals surface area (Å²) in [6.07, 6.45) is 6.07. The number of hydrogen-bond donors (Lipinski definition) is 2. The Morgan fingerprint density at radius 3 is 2.63 bits per heavy atom. The largest absolute Gasteiger partial charge is 0.359 e. The number of aryl methyl sites for hydroxylation is 1. The number of hydrogen-bond acceptors (Lipinski definition) is 5. The van der Waals surface area contributed by atoms with Crippen LogP contribution in [-0.2, 0) is 19.4 Å². The standard InChI is InChI=1S/C19H31N5OS.HI/c1-5-14(6-2)17-11-15(25-24-17)12-23-19(20-8-4)21-10-9-18-22-13-16(7-3)26-18;/h11,13-14H,5-10,12H2,1-4H3,(H2,20,21,23);1H. The van der Waals surface area contributed by atoms with Crippen LogP contribution in [0, 0.1) is 0 Å². The Hall–Kier alpha value is -1.16. The Morgan fingerprint density at radius 1 is 1.22 bits per heavy atom. The number of guanidine groups is 1. The van der Waals surface area contributed by atoms with Crippen molar-refractivity contribution >= 4 is 41.3 Å². The zero-order chi connectivity index (χ0) is 18.8. The van der Waals surface area contributed by atoms with E-state index in [0.717, 1.165) is 61.2 Å². The molecule has 2 aromatic rings. The van der Waals surface area contributed by atoms with Crippen molar-refractivity contribution in [1.82, 2.24) is 20.8 Å². The van der Waals surface area contributed by atoms with E-state index in [-0.39, 0.29) is 24.0 Å². The first-order valence-corrected chi connectivity index (χ1v) is 10.4. The zero-order valence-electron chi connectivity index (χ0n) is 16.7. The fourth-order valence-electron chi connectivity index (χ4n) is 2.72. The first-order chi connectivity index (χ1) is 12.7. The number of nitrogens with zero attached hydrogens (tertiary/aromatic N) is 3. The minimum atomic E-state index is 0. The second-order valence-electron chi connectivity index (χ2n) is 6.18. The summed E-state index contributed by atoms with van der Waals surface area (Å²) in [5, 5.41) is 12.0. The highest BCUT2D eigenvalue weighted by Gasteiger charge is 2.12. The third-order valence-electron chi connectivity index (χ3n) is 4.30. The number of aromatic nitrogens is 2. The van der Waals surface area contributed by atoms with Gasteiger partial charge in [-0.15, -0.1) is 35.3 Å².